The lowest BCUT2D eigenvalue weighted by atomic mass is 9.98. The molecule has 3 heteroatoms. The van der Waals surface area contributed by atoms with Crippen LogP contribution in [0.5, 0.6) is 0 Å². The summed E-state index contributed by atoms with van der Waals surface area (Å²) >= 11 is 0. The zero-order valence-electron chi connectivity index (χ0n) is 12.1. The molecule has 0 fully saturated rings. The number of carbonyl (C=O) groups is 1. The van der Waals surface area contributed by atoms with E-state index in [9.17, 15) is 9.90 Å². The van der Waals surface area contributed by atoms with E-state index in [0.29, 0.717) is 12.5 Å². The molecule has 0 rings (SSSR count). The highest BCUT2D eigenvalue weighted by molar-refractivity contribution is 5.73. The zero-order chi connectivity index (χ0) is 13.5. The van der Waals surface area contributed by atoms with Crippen LogP contribution in [0.2, 0.25) is 0 Å². The Morgan fingerprint density at radius 3 is 2.29 bits per heavy atom. The van der Waals surface area contributed by atoms with E-state index in [1.807, 2.05) is 0 Å². The number of unbranched alkanes of at least 4 members (excludes halogenated alkanes) is 1. The second-order valence-corrected chi connectivity index (χ2v) is 5.63. The minimum atomic E-state index is -0.811. The highest BCUT2D eigenvalue weighted by Gasteiger charge is 2.22. The Hall–Kier alpha value is -0.570. The molecule has 3 nitrogen and oxygen atoms in total. The summed E-state index contributed by atoms with van der Waals surface area (Å²) < 4.78 is 0. The first kappa shape index (κ1) is 16.4. The molecule has 0 saturated carbocycles. The Labute approximate surface area is 106 Å². The quantitative estimate of drug-likeness (QED) is 0.712. The Morgan fingerprint density at radius 2 is 1.94 bits per heavy atom. The highest BCUT2D eigenvalue weighted by atomic mass is 16.3. The molecule has 1 N–H and O–H groups in total. The van der Waals surface area contributed by atoms with E-state index in [2.05, 4.69) is 13.8 Å². The maximum absolute atomic E-state index is 11.6. The van der Waals surface area contributed by atoms with Gasteiger partial charge in [0.25, 0.3) is 0 Å². The highest BCUT2D eigenvalue weighted by Crippen LogP contribution is 2.16. The van der Waals surface area contributed by atoms with Gasteiger partial charge in [0, 0.05) is 20.0 Å². The van der Waals surface area contributed by atoms with Crippen molar-refractivity contribution in [2.75, 3.05) is 13.1 Å². The van der Waals surface area contributed by atoms with Gasteiger partial charge in [0.15, 0.2) is 0 Å². The monoisotopic (exact) mass is 243 g/mol. The normalized spacial score (nSPS) is 13.5. The molecule has 0 radical (unpaired) electrons. The van der Waals surface area contributed by atoms with Crippen molar-refractivity contribution in [3.63, 3.8) is 0 Å². The van der Waals surface area contributed by atoms with Crippen molar-refractivity contribution in [1.82, 2.24) is 4.90 Å². The lowest BCUT2D eigenvalue weighted by molar-refractivity contribution is -0.132. The Morgan fingerprint density at radius 1 is 1.35 bits per heavy atom. The predicted molar refractivity (Wildman–Crippen MR) is 71.9 cm³/mol. The van der Waals surface area contributed by atoms with Crippen molar-refractivity contribution in [3.8, 4) is 0 Å². The van der Waals surface area contributed by atoms with E-state index >= 15 is 0 Å². The molecule has 17 heavy (non-hydrogen) atoms. The molecule has 0 heterocycles. The first-order chi connectivity index (χ1) is 7.80. The van der Waals surface area contributed by atoms with Crippen LogP contribution >= 0.6 is 0 Å². The molecule has 0 aliphatic rings. The average molecular weight is 243 g/mol. The molecular formula is C14H29NO2. The van der Waals surface area contributed by atoms with Crippen molar-refractivity contribution < 1.29 is 9.90 Å². The van der Waals surface area contributed by atoms with Crippen LogP contribution in [0.1, 0.15) is 60.3 Å². The third-order valence-corrected chi connectivity index (χ3v) is 3.04. The fourth-order valence-electron chi connectivity index (χ4n) is 2.00. The molecule has 0 spiro atoms. The minimum Gasteiger partial charge on any atom is -0.389 e. The van der Waals surface area contributed by atoms with E-state index in [0.717, 1.165) is 13.0 Å². The van der Waals surface area contributed by atoms with Gasteiger partial charge in [0.1, 0.15) is 0 Å². The summed E-state index contributed by atoms with van der Waals surface area (Å²) in [5.74, 6) is 0.614. The van der Waals surface area contributed by atoms with Crippen LogP contribution in [-0.4, -0.2) is 34.6 Å². The molecule has 0 aliphatic carbocycles. The fraction of sp³-hybridized carbons (Fsp3) is 0.929. The number of nitrogens with zero attached hydrogens (tertiary/aromatic N) is 1. The van der Waals surface area contributed by atoms with Gasteiger partial charge in [-0.05, 0) is 26.2 Å². The van der Waals surface area contributed by atoms with Crippen molar-refractivity contribution in [1.29, 1.82) is 0 Å². The van der Waals surface area contributed by atoms with Gasteiger partial charge in [0.05, 0.1) is 5.60 Å². The number of aliphatic hydroxyl groups is 1. The van der Waals surface area contributed by atoms with Crippen LogP contribution in [0.4, 0.5) is 0 Å². The summed E-state index contributed by atoms with van der Waals surface area (Å²) in [7, 11) is 0. The first-order valence-electron chi connectivity index (χ1n) is 6.78. The summed E-state index contributed by atoms with van der Waals surface area (Å²) in [6.45, 7) is 10.6. The van der Waals surface area contributed by atoms with Crippen molar-refractivity contribution in [2.24, 2.45) is 5.92 Å². The molecular weight excluding hydrogens is 214 g/mol. The van der Waals surface area contributed by atoms with E-state index in [4.69, 9.17) is 0 Å². The van der Waals surface area contributed by atoms with Gasteiger partial charge in [-0.3, -0.25) is 4.79 Å². The van der Waals surface area contributed by atoms with Gasteiger partial charge in [0.2, 0.25) is 5.91 Å². The van der Waals surface area contributed by atoms with Crippen LogP contribution in [0.15, 0.2) is 0 Å². The number of carbonyl (C=O) groups excluding carboxylic acids is 1. The molecule has 0 aromatic carbocycles. The van der Waals surface area contributed by atoms with Crippen LogP contribution in [0.25, 0.3) is 0 Å². The molecule has 0 aromatic rings. The van der Waals surface area contributed by atoms with Crippen molar-refractivity contribution in [3.05, 3.63) is 0 Å². The molecule has 0 saturated heterocycles. The summed E-state index contributed by atoms with van der Waals surface area (Å²) in [6.07, 6.45) is 4.67. The number of rotatable bonds is 8. The molecule has 1 unspecified atom stereocenters. The summed E-state index contributed by atoms with van der Waals surface area (Å²) in [6, 6.07) is 0. The van der Waals surface area contributed by atoms with Crippen LogP contribution in [0.3, 0.4) is 0 Å². The van der Waals surface area contributed by atoms with E-state index < -0.39 is 5.60 Å². The third-order valence-electron chi connectivity index (χ3n) is 3.04. The standard InChI is InChI=1S/C14H29NO2/c1-6-8-9-13(7-2)10-15(12(3)16)11-14(4,5)17/h13,17H,6-11H2,1-5H3. The molecule has 1 amide bonds. The number of hydrogen-bond donors (Lipinski definition) is 1. The fourth-order valence-corrected chi connectivity index (χ4v) is 2.00. The van der Waals surface area contributed by atoms with Gasteiger partial charge in [-0.1, -0.05) is 33.1 Å². The van der Waals surface area contributed by atoms with Crippen LogP contribution in [0, 0.1) is 5.92 Å². The topological polar surface area (TPSA) is 40.5 Å². The SMILES string of the molecule is CCCCC(CC)CN(CC(C)(C)O)C(C)=O. The minimum absolute atomic E-state index is 0.0575. The average Bonchev–Trinajstić information content (AvgIpc) is 2.20. The molecule has 102 valence electrons. The van der Waals surface area contributed by atoms with Gasteiger partial charge >= 0.3 is 0 Å². The Kier molecular flexibility index (Phi) is 7.44. The largest absolute Gasteiger partial charge is 0.389 e. The zero-order valence-corrected chi connectivity index (χ0v) is 12.1. The summed E-state index contributed by atoms with van der Waals surface area (Å²) in [5.41, 5.74) is -0.811. The predicted octanol–water partition coefficient (Wildman–Crippen LogP) is 2.82. The van der Waals surface area contributed by atoms with Crippen molar-refractivity contribution in [2.45, 2.75) is 65.9 Å². The summed E-state index contributed by atoms with van der Waals surface area (Å²) in [4.78, 5) is 13.3. The third kappa shape index (κ3) is 8.19. The molecule has 1 atom stereocenters. The van der Waals surface area contributed by atoms with E-state index in [-0.39, 0.29) is 5.91 Å². The maximum Gasteiger partial charge on any atom is 0.219 e. The first-order valence-corrected chi connectivity index (χ1v) is 6.78. The lowest BCUT2D eigenvalue weighted by Crippen LogP contribution is -2.43. The smallest absolute Gasteiger partial charge is 0.219 e. The second-order valence-electron chi connectivity index (χ2n) is 5.63. The Bertz CT molecular complexity index is 221. The van der Waals surface area contributed by atoms with Crippen LogP contribution < -0.4 is 0 Å². The van der Waals surface area contributed by atoms with Crippen LogP contribution in [-0.2, 0) is 4.79 Å². The summed E-state index contributed by atoms with van der Waals surface area (Å²) in [5, 5.41) is 9.80. The van der Waals surface area contributed by atoms with E-state index in [1.54, 1.807) is 25.7 Å². The van der Waals surface area contributed by atoms with Gasteiger partial charge in [-0.25, -0.2) is 0 Å². The Balaban J connectivity index is 4.35. The van der Waals surface area contributed by atoms with Gasteiger partial charge < -0.3 is 10.0 Å². The van der Waals surface area contributed by atoms with Gasteiger partial charge in [-0.15, -0.1) is 0 Å². The number of hydrogen-bond acceptors (Lipinski definition) is 2. The van der Waals surface area contributed by atoms with Crippen molar-refractivity contribution >= 4 is 5.91 Å². The van der Waals surface area contributed by atoms with E-state index in [1.165, 1.54) is 19.3 Å². The second kappa shape index (κ2) is 7.70. The number of amides is 1. The molecule has 0 aliphatic heterocycles. The lowest BCUT2D eigenvalue weighted by Gasteiger charge is -2.31. The molecule has 0 aromatic heterocycles. The molecule has 0 bridgehead atoms. The maximum atomic E-state index is 11.6. The van der Waals surface area contributed by atoms with Gasteiger partial charge in [-0.2, -0.15) is 0 Å².